The number of methoxy groups -OCH3 is 1. The lowest BCUT2D eigenvalue weighted by Gasteiger charge is -2.04. The van der Waals surface area contributed by atoms with E-state index in [2.05, 4.69) is 25.9 Å². The first-order valence-electron chi connectivity index (χ1n) is 5.89. The third-order valence-electron chi connectivity index (χ3n) is 2.87. The standard InChI is InChI=1S/C14H8BrClN2O3/c1-20-14(19)7-5-11(15)17-6-8(7)13-18-10-4-2-3-9(16)12(10)21-13/h2-6H,1H3. The second-order valence-corrected chi connectivity index (χ2v) is 5.37. The molecule has 0 spiro atoms. The minimum atomic E-state index is -0.499. The van der Waals surface area contributed by atoms with E-state index in [1.165, 1.54) is 13.3 Å². The van der Waals surface area contributed by atoms with Gasteiger partial charge in [0.05, 0.1) is 23.3 Å². The summed E-state index contributed by atoms with van der Waals surface area (Å²) in [6.07, 6.45) is 1.49. The number of aromatic nitrogens is 2. The van der Waals surface area contributed by atoms with Crippen LogP contribution in [0.15, 0.2) is 39.5 Å². The summed E-state index contributed by atoms with van der Waals surface area (Å²) in [5.41, 5.74) is 1.82. The van der Waals surface area contributed by atoms with Gasteiger partial charge in [0.25, 0.3) is 0 Å². The number of esters is 1. The zero-order chi connectivity index (χ0) is 15.0. The normalized spacial score (nSPS) is 10.8. The molecule has 106 valence electrons. The Hall–Kier alpha value is -1.92. The van der Waals surface area contributed by atoms with E-state index in [-0.39, 0.29) is 5.89 Å². The van der Waals surface area contributed by atoms with E-state index in [4.69, 9.17) is 20.8 Å². The van der Waals surface area contributed by atoms with Crippen molar-refractivity contribution in [3.8, 4) is 11.5 Å². The zero-order valence-corrected chi connectivity index (χ0v) is 13.1. The topological polar surface area (TPSA) is 65.2 Å². The molecule has 2 heterocycles. The molecule has 0 saturated carbocycles. The van der Waals surface area contributed by atoms with Crippen LogP contribution in [-0.4, -0.2) is 23.0 Å². The van der Waals surface area contributed by atoms with Gasteiger partial charge in [0.1, 0.15) is 10.1 Å². The van der Waals surface area contributed by atoms with E-state index in [1.807, 2.05) is 0 Å². The molecule has 0 aliphatic carbocycles. The van der Waals surface area contributed by atoms with Crippen molar-refractivity contribution in [2.45, 2.75) is 0 Å². The van der Waals surface area contributed by atoms with Gasteiger partial charge in [-0.2, -0.15) is 0 Å². The number of carbonyl (C=O) groups excluding carboxylic acids is 1. The highest BCUT2D eigenvalue weighted by molar-refractivity contribution is 9.10. The molecule has 7 heteroatoms. The second-order valence-electron chi connectivity index (χ2n) is 4.15. The van der Waals surface area contributed by atoms with E-state index in [0.29, 0.717) is 31.9 Å². The van der Waals surface area contributed by atoms with Gasteiger partial charge in [-0.05, 0) is 34.1 Å². The molecule has 0 fully saturated rings. The fourth-order valence-electron chi connectivity index (χ4n) is 1.91. The van der Waals surface area contributed by atoms with E-state index < -0.39 is 5.97 Å². The lowest BCUT2D eigenvalue weighted by molar-refractivity contribution is 0.0601. The predicted molar refractivity (Wildman–Crippen MR) is 81.3 cm³/mol. The summed E-state index contributed by atoms with van der Waals surface area (Å²) in [6.45, 7) is 0. The molecular formula is C14H8BrClN2O3. The van der Waals surface area contributed by atoms with Gasteiger partial charge in [0.2, 0.25) is 5.89 Å². The number of pyridine rings is 1. The van der Waals surface area contributed by atoms with Crippen LogP contribution in [0.4, 0.5) is 0 Å². The van der Waals surface area contributed by atoms with Gasteiger partial charge in [-0.25, -0.2) is 14.8 Å². The maximum absolute atomic E-state index is 11.9. The molecule has 0 aliphatic heterocycles. The van der Waals surface area contributed by atoms with Crippen LogP contribution < -0.4 is 0 Å². The average Bonchev–Trinajstić information content (AvgIpc) is 2.91. The van der Waals surface area contributed by atoms with Gasteiger partial charge < -0.3 is 9.15 Å². The lowest BCUT2D eigenvalue weighted by atomic mass is 10.1. The number of fused-ring (bicyclic) bond motifs is 1. The number of halogens is 2. The number of nitrogens with zero attached hydrogens (tertiary/aromatic N) is 2. The number of carbonyl (C=O) groups is 1. The van der Waals surface area contributed by atoms with Gasteiger partial charge in [-0.1, -0.05) is 17.7 Å². The Morgan fingerprint density at radius 2 is 2.24 bits per heavy atom. The van der Waals surface area contributed by atoms with Gasteiger partial charge >= 0.3 is 5.97 Å². The first-order valence-corrected chi connectivity index (χ1v) is 7.06. The Morgan fingerprint density at radius 1 is 1.43 bits per heavy atom. The molecule has 3 aromatic rings. The molecular weight excluding hydrogens is 360 g/mol. The van der Waals surface area contributed by atoms with Crippen molar-refractivity contribution >= 4 is 44.6 Å². The predicted octanol–water partition coefficient (Wildman–Crippen LogP) is 4.09. The average molecular weight is 368 g/mol. The van der Waals surface area contributed by atoms with Crippen LogP contribution in [0.25, 0.3) is 22.6 Å². The zero-order valence-electron chi connectivity index (χ0n) is 10.8. The van der Waals surface area contributed by atoms with Crippen molar-refractivity contribution in [2.24, 2.45) is 0 Å². The fraction of sp³-hybridized carbons (Fsp3) is 0.0714. The minimum absolute atomic E-state index is 0.263. The summed E-state index contributed by atoms with van der Waals surface area (Å²) < 4.78 is 10.9. The van der Waals surface area contributed by atoms with Gasteiger partial charge in [-0.15, -0.1) is 0 Å². The minimum Gasteiger partial charge on any atom is -0.465 e. The molecule has 0 aliphatic rings. The number of hydrogen-bond donors (Lipinski definition) is 0. The molecule has 1 aromatic carbocycles. The van der Waals surface area contributed by atoms with Crippen LogP contribution in [-0.2, 0) is 4.74 Å². The highest BCUT2D eigenvalue weighted by atomic mass is 79.9. The smallest absolute Gasteiger partial charge is 0.338 e. The highest BCUT2D eigenvalue weighted by Gasteiger charge is 2.19. The molecule has 0 radical (unpaired) electrons. The Balaban J connectivity index is 2.23. The molecule has 2 aromatic heterocycles. The van der Waals surface area contributed by atoms with E-state index in [9.17, 15) is 4.79 Å². The van der Waals surface area contributed by atoms with Gasteiger partial charge in [-0.3, -0.25) is 0 Å². The molecule has 21 heavy (non-hydrogen) atoms. The number of benzene rings is 1. The molecule has 0 saturated heterocycles. The SMILES string of the molecule is COC(=O)c1cc(Br)ncc1-c1nc2cccc(Cl)c2o1. The second kappa shape index (κ2) is 5.46. The first-order chi connectivity index (χ1) is 10.1. The van der Waals surface area contributed by atoms with Crippen molar-refractivity contribution < 1.29 is 13.9 Å². The number of ether oxygens (including phenoxy) is 1. The summed E-state index contributed by atoms with van der Waals surface area (Å²) in [5.74, 6) is -0.236. The monoisotopic (exact) mass is 366 g/mol. The molecule has 0 bridgehead atoms. The van der Waals surface area contributed by atoms with Crippen LogP contribution in [0.5, 0.6) is 0 Å². The Kier molecular flexibility index (Phi) is 3.65. The number of oxazole rings is 1. The molecule has 0 atom stereocenters. The summed E-state index contributed by atoms with van der Waals surface area (Å²) in [5, 5.41) is 0.455. The van der Waals surface area contributed by atoms with E-state index >= 15 is 0 Å². The molecule has 0 N–H and O–H groups in total. The van der Waals surface area contributed by atoms with Crippen molar-refractivity contribution in [2.75, 3.05) is 7.11 Å². The maximum Gasteiger partial charge on any atom is 0.338 e. The third kappa shape index (κ3) is 2.52. The van der Waals surface area contributed by atoms with Crippen molar-refractivity contribution in [3.63, 3.8) is 0 Å². The van der Waals surface area contributed by atoms with E-state index in [1.54, 1.807) is 24.3 Å². The maximum atomic E-state index is 11.9. The van der Waals surface area contributed by atoms with Crippen LogP contribution in [0.3, 0.4) is 0 Å². The summed E-state index contributed by atoms with van der Waals surface area (Å²) in [6, 6.07) is 6.81. The Labute approximate surface area is 133 Å². The van der Waals surface area contributed by atoms with Crippen LogP contribution in [0.2, 0.25) is 5.02 Å². The van der Waals surface area contributed by atoms with Crippen molar-refractivity contribution in [1.82, 2.24) is 9.97 Å². The highest BCUT2D eigenvalue weighted by Crippen LogP contribution is 2.31. The summed E-state index contributed by atoms with van der Waals surface area (Å²) >= 11 is 9.29. The van der Waals surface area contributed by atoms with Crippen LogP contribution in [0.1, 0.15) is 10.4 Å². The summed E-state index contributed by atoms with van der Waals surface area (Å²) in [7, 11) is 1.31. The Bertz CT molecular complexity index is 847. The first kappa shape index (κ1) is 14.0. The summed E-state index contributed by atoms with van der Waals surface area (Å²) in [4.78, 5) is 20.3. The van der Waals surface area contributed by atoms with Gasteiger partial charge in [0.15, 0.2) is 5.58 Å². The van der Waals surface area contributed by atoms with Crippen molar-refractivity contribution in [1.29, 1.82) is 0 Å². The quantitative estimate of drug-likeness (QED) is 0.504. The molecule has 0 amide bonds. The Morgan fingerprint density at radius 3 is 2.95 bits per heavy atom. The van der Waals surface area contributed by atoms with Crippen molar-refractivity contribution in [3.05, 3.63) is 45.7 Å². The van der Waals surface area contributed by atoms with Crippen LogP contribution >= 0.6 is 27.5 Å². The number of rotatable bonds is 2. The van der Waals surface area contributed by atoms with Crippen LogP contribution in [0, 0.1) is 0 Å². The molecule has 3 rings (SSSR count). The largest absolute Gasteiger partial charge is 0.465 e. The molecule has 5 nitrogen and oxygen atoms in total. The fourth-order valence-corrected chi connectivity index (χ4v) is 2.45. The number of hydrogen-bond acceptors (Lipinski definition) is 5. The third-order valence-corrected chi connectivity index (χ3v) is 3.60. The van der Waals surface area contributed by atoms with E-state index in [0.717, 1.165) is 0 Å². The molecule has 0 unspecified atom stereocenters. The van der Waals surface area contributed by atoms with Gasteiger partial charge in [0, 0.05) is 6.20 Å². The lowest BCUT2D eigenvalue weighted by Crippen LogP contribution is -2.04. The number of para-hydroxylation sites is 1.